The summed E-state index contributed by atoms with van der Waals surface area (Å²) in [5.41, 5.74) is 0.430. The van der Waals surface area contributed by atoms with E-state index in [4.69, 9.17) is 9.47 Å². The SMILES string of the molecule is COc1ccc(NC(=O)CC(=O)Nc2ccccc2F)c(OC)c1. The summed E-state index contributed by atoms with van der Waals surface area (Å²) < 4.78 is 23.7. The number of amides is 2. The first-order valence-corrected chi connectivity index (χ1v) is 7.09. The van der Waals surface area contributed by atoms with Crippen LogP contribution >= 0.6 is 0 Å². The molecule has 0 aliphatic heterocycles. The lowest BCUT2D eigenvalue weighted by molar-refractivity contribution is -0.123. The molecule has 0 aliphatic rings. The van der Waals surface area contributed by atoms with E-state index in [9.17, 15) is 14.0 Å². The van der Waals surface area contributed by atoms with Crippen LogP contribution in [0.5, 0.6) is 11.5 Å². The second-order valence-corrected chi connectivity index (χ2v) is 4.82. The van der Waals surface area contributed by atoms with Gasteiger partial charge in [0.1, 0.15) is 23.7 Å². The summed E-state index contributed by atoms with van der Waals surface area (Å²) in [6.45, 7) is 0. The molecule has 0 spiro atoms. The number of hydrogen-bond donors (Lipinski definition) is 2. The Bertz CT molecular complexity index is 749. The Morgan fingerprint density at radius 1 is 0.958 bits per heavy atom. The highest BCUT2D eigenvalue weighted by atomic mass is 19.1. The smallest absolute Gasteiger partial charge is 0.233 e. The summed E-state index contributed by atoms with van der Waals surface area (Å²) in [7, 11) is 2.97. The van der Waals surface area contributed by atoms with Crippen molar-refractivity contribution in [3.8, 4) is 11.5 Å². The fourth-order valence-corrected chi connectivity index (χ4v) is 2.00. The summed E-state index contributed by atoms with van der Waals surface area (Å²) in [5.74, 6) is -0.764. The molecule has 6 nitrogen and oxygen atoms in total. The number of nitrogens with one attached hydrogen (secondary N) is 2. The monoisotopic (exact) mass is 332 g/mol. The zero-order chi connectivity index (χ0) is 17.5. The van der Waals surface area contributed by atoms with Crippen molar-refractivity contribution in [2.75, 3.05) is 24.9 Å². The summed E-state index contributed by atoms with van der Waals surface area (Å²) >= 11 is 0. The van der Waals surface area contributed by atoms with E-state index >= 15 is 0 Å². The third-order valence-corrected chi connectivity index (χ3v) is 3.15. The summed E-state index contributed by atoms with van der Waals surface area (Å²) in [6.07, 6.45) is -0.455. The molecule has 0 radical (unpaired) electrons. The molecule has 0 heterocycles. The molecule has 2 aromatic carbocycles. The van der Waals surface area contributed by atoms with Gasteiger partial charge in [-0.15, -0.1) is 0 Å². The Morgan fingerprint density at radius 2 is 1.62 bits per heavy atom. The minimum absolute atomic E-state index is 0.0253. The van der Waals surface area contributed by atoms with Crippen molar-refractivity contribution < 1.29 is 23.5 Å². The molecule has 0 fully saturated rings. The topological polar surface area (TPSA) is 76.7 Å². The second kappa shape index (κ2) is 7.96. The average molecular weight is 332 g/mol. The number of benzene rings is 2. The predicted octanol–water partition coefficient (Wildman–Crippen LogP) is 2.81. The quantitative estimate of drug-likeness (QED) is 0.798. The Balaban J connectivity index is 1.98. The van der Waals surface area contributed by atoms with Gasteiger partial charge in [0.15, 0.2) is 0 Å². The normalized spacial score (nSPS) is 9.96. The zero-order valence-electron chi connectivity index (χ0n) is 13.3. The van der Waals surface area contributed by atoms with E-state index in [0.29, 0.717) is 17.2 Å². The van der Waals surface area contributed by atoms with Crippen molar-refractivity contribution in [1.82, 2.24) is 0 Å². The van der Waals surface area contributed by atoms with E-state index in [1.165, 1.54) is 32.4 Å². The van der Waals surface area contributed by atoms with Gasteiger partial charge in [0.05, 0.1) is 25.6 Å². The molecule has 0 aliphatic carbocycles. The van der Waals surface area contributed by atoms with Crippen molar-refractivity contribution in [3.63, 3.8) is 0 Å². The molecule has 2 rings (SSSR count). The highest BCUT2D eigenvalue weighted by Gasteiger charge is 2.14. The van der Waals surface area contributed by atoms with Gasteiger partial charge in [-0.05, 0) is 24.3 Å². The molecule has 0 aromatic heterocycles. The number of carbonyl (C=O) groups is 2. The molecule has 24 heavy (non-hydrogen) atoms. The lowest BCUT2D eigenvalue weighted by Gasteiger charge is -2.11. The van der Waals surface area contributed by atoms with Gasteiger partial charge in [-0.2, -0.15) is 0 Å². The van der Waals surface area contributed by atoms with Gasteiger partial charge in [0, 0.05) is 6.07 Å². The molecule has 0 saturated heterocycles. The van der Waals surface area contributed by atoms with Gasteiger partial charge >= 0.3 is 0 Å². The summed E-state index contributed by atoms with van der Waals surface area (Å²) in [5, 5.41) is 4.92. The summed E-state index contributed by atoms with van der Waals surface area (Å²) in [4.78, 5) is 23.8. The van der Waals surface area contributed by atoms with Gasteiger partial charge in [0.2, 0.25) is 11.8 Å². The lowest BCUT2D eigenvalue weighted by Crippen LogP contribution is -2.22. The number of rotatable bonds is 6. The van der Waals surface area contributed by atoms with Crippen LogP contribution in [0.15, 0.2) is 42.5 Å². The number of methoxy groups -OCH3 is 2. The van der Waals surface area contributed by atoms with E-state index in [-0.39, 0.29) is 5.69 Å². The Hall–Kier alpha value is -3.09. The molecule has 0 unspecified atom stereocenters. The van der Waals surface area contributed by atoms with Crippen LogP contribution < -0.4 is 20.1 Å². The van der Waals surface area contributed by atoms with Gasteiger partial charge in [-0.3, -0.25) is 9.59 Å². The fraction of sp³-hybridized carbons (Fsp3) is 0.176. The first-order chi connectivity index (χ1) is 11.5. The maximum atomic E-state index is 13.5. The maximum absolute atomic E-state index is 13.5. The largest absolute Gasteiger partial charge is 0.497 e. The van der Waals surface area contributed by atoms with E-state index in [1.54, 1.807) is 24.3 Å². The van der Waals surface area contributed by atoms with Crippen LogP contribution in [0.1, 0.15) is 6.42 Å². The Labute approximate surface area is 138 Å². The van der Waals surface area contributed by atoms with E-state index in [0.717, 1.165) is 0 Å². The fourth-order valence-electron chi connectivity index (χ4n) is 2.00. The van der Waals surface area contributed by atoms with E-state index in [2.05, 4.69) is 10.6 Å². The first-order valence-electron chi connectivity index (χ1n) is 7.09. The standard InChI is InChI=1S/C17H17FN2O4/c1-23-11-7-8-14(15(9-11)24-2)20-17(22)10-16(21)19-13-6-4-3-5-12(13)18/h3-9H,10H2,1-2H3,(H,19,21)(H,20,22). The highest BCUT2D eigenvalue weighted by Crippen LogP contribution is 2.29. The van der Waals surface area contributed by atoms with Crippen LogP contribution in [0.25, 0.3) is 0 Å². The molecule has 7 heteroatoms. The lowest BCUT2D eigenvalue weighted by atomic mass is 10.2. The second-order valence-electron chi connectivity index (χ2n) is 4.82. The number of halogens is 1. The predicted molar refractivity (Wildman–Crippen MR) is 87.8 cm³/mol. The van der Waals surface area contributed by atoms with E-state index in [1.807, 2.05) is 0 Å². The van der Waals surface area contributed by atoms with Gasteiger partial charge in [-0.1, -0.05) is 12.1 Å². The van der Waals surface area contributed by atoms with Crippen LogP contribution in [-0.4, -0.2) is 26.0 Å². The van der Waals surface area contributed by atoms with Crippen LogP contribution in [0.3, 0.4) is 0 Å². The maximum Gasteiger partial charge on any atom is 0.233 e. The Morgan fingerprint density at radius 3 is 2.25 bits per heavy atom. The molecule has 2 N–H and O–H groups in total. The van der Waals surface area contributed by atoms with Crippen LogP contribution in [0.2, 0.25) is 0 Å². The highest BCUT2D eigenvalue weighted by molar-refractivity contribution is 6.08. The van der Waals surface area contributed by atoms with Crippen molar-refractivity contribution in [3.05, 3.63) is 48.3 Å². The third kappa shape index (κ3) is 4.45. The van der Waals surface area contributed by atoms with Crippen molar-refractivity contribution >= 4 is 23.2 Å². The van der Waals surface area contributed by atoms with Crippen LogP contribution in [0.4, 0.5) is 15.8 Å². The van der Waals surface area contributed by atoms with Gasteiger partial charge in [0.25, 0.3) is 0 Å². The zero-order valence-corrected chi connectivity index (χ0v) is 13.3. The van der Waals surface area contributed by atoms with Gasteiger partial charge in [-0.25, -0.2) is 4.39 Å². The van der Waals surface area contributed by atoms with Crippen LogP contribution in [0, 0.1) is 5.82 Å². The van der Waals surface area contributed by atoms with Crippen molar-refractivity contribution in [2.24, 2.45) is 0 Å². The van der Waals surface area contributed by atoms with Crippen molar-refractivity contribution in [1.29, 1.82) is 0 Å². The van der Waals surface area contributed by atoms with Gasteiger partial charge < -0.3 is 20.1 Å². The number of ether oxygens (including phenoxy) is 2. The number of hydrogen-bond acceptors (Lipinski definition) is 4. The minimum Gasteiger partial charge on any atom is -0.497 e. The molecular formula is C17H17FN2O4. The average Bonchev–Trinajstić information content (AvgIpc) is 2.57. The molecule has 0 saturated carbocycles. The van der Waals surface area contributed by atoms with E-state index < -0.39 is 24.1 Å². The number of carbonyl (C=O) groups excluding carboxylic acids is 2. The molecule has 0 atom stereocenters. The minimum atomic E-state index is -0.620. The van der Waals surface area contributed by atoms with Crippen LogP contribution in [-0.2, 0) is 9.59 Å². The molecular weight excluding hydrogens is 315 g/mol. The van der Waals surface area contributed by atoms with Crippen molar-refractivity contribution in [2.45, 2.75) is 6.42 Å². The number of para-hydroxylation sites is 1. The summed E-state index contributed by atoms with van der Waals surface area (Å²) in [6, 6.07) is 10.6. The first kappa shape index (κ1) is 17.3. The molecule has 2 amide bonds. The Kier molecular flexibility index (Phi) is 5.73. The number of anilines is 2. The molecule has 2 aromatic rings. The molecule has 0 bridgehead atoms. The molecule has 126 valence electrons. The third-order valence-electron chi connectivity index (χ3n) is 3.15.